The smallest absolute Gasteiger partial charge is 0.333 e. The number of carbonyl (C=O) groups is 2. The molecule has 0 aliphatic carbocycles. The molecule has 24 heavy (non-hydrogen) atoms. The fraction of sp³-hybridized carbons (Fsp3) is 0.167. The van der Waals surface area contributed by atoms with Crippen LogP contribution in [0.15, 0.2) is 54.6 Å². The number of benzene rings is 2. The summed E-state index contributed by atoms with van der Waals surface area (Å²) in [7, 11) is 0. The molecule has 3 N–H and O–H groups in total. The Hall–Kier alpha value is -3.15. The first kappa shape index (κ1) is 15.7. The third-order valence-corrected chi connectivity index (χ3v) is 4.05. The van der Waals surface area contributed by atoms with E-state index in [1.54, 1.807) is 30.3 Å². The van der Waals surface area contributed by atoms with E-state index in [4.69, 9.17) is 0 Å². The van der Waals surface area contributed by atoms with Crippen LogP contribution in [0.3, 0.4) is 0 Å². The quantitative estimate of drug-likeness (QED) is 0.671. The number of aromatic nitrogens is 2. The van der Waals surface area contributed by atoms with Gasteiger partial charge in [0, 0.05) is 5.39 Å². The van der Waals surface area contributed by atoms with Crippen LogP contribution in [0.25, 0.3) is 10.9 Å². The van der Waals surface area contributed by atoms with Gasteiger partial charge in [-0.1, -0.05) is 48.5 Å². The number of rotatable bonds is 5. The van der Waals surface area contributed by atoms with E-state index in [1.807, 2.05) is 24.3 Å². The van der Waals surface area contributed by atoms with E-state index in [1.165, 1.54) is 6.92 Å². The lowest BCUT2D eigenvalue weighted by Gasteiger charge is -2.26. The first-order valence-corrected chi connectivity index (χ1v) is 7.52. The molecule has 0 bridgehead atoms. The number of aromatic amines is 1. The van der Waals surface area contributed by atoms with Crippen LogP contribution < -0.4 is 5.32 Å². The number of carboxylic acids is 1. The third kappa shape index (κ3) is 2.86. The zero-order valence-corrected chi connectivity index (χ0v) is 13.1. The lowest BCUT2D eigenvalue weighted by Crippen LogP contribution is -2.50. The van der Waals surface area contributed by atoms with E-state index in [0.29, 0.717) is 11.3 Å². The van der Waals surface area contributed by atoms with Gasteiger partial charge in [-0.3, -0.25) is 9.89 Å². The minimum Gasteiger partial charge on any atom is -0.479 e. The van der Waals surface area contributed by atoms with Crippen LogP contribution in [0.1, 0.15) is 18.2 Å². The standard InChI is InChI=1S/C18H17N3O3/c1-18(17(23)24,12-7-3-2-4-8-12)19-16(22)11-15-13-9-5-6-10-14(13)20-21-15/h2-10H,11H2,1H3,(H,19,22)(H,20,21)(H,23,24)/t18-/m1/s1. The van der Waals surface area contributed by atoms with E-state index in [0.717, 1.165) is 10.9 Å². The molecule has 0 spiro atoms. The van der Waals surface area contributed by atoms with Crippen LogP contribution in [0.2, 0.25) is 0 Å². The summed E-state index contributed by atoms with van der Waals surface area (Å²) in [6.07, 6.45) is 0.0240. The largest absolute Gasteiger partial charge is 0.479 e. The van der Waals surface area contributed by atoms with Crippen molar-refractivity contribution in [3.05, 3.63) is 65.9 Å². The maximum atomic E-state index is 12.4. The van der Waals surface area contributed by atoms with Crippen LogP contribution in [0.4, 0.5) is 0 Å². The molecule has 0 fully saturated rings. The number of para-hydroxylation sites is 1. The Morgan fingerprint density at radius 1 is 1.12 bits per heavy atom. The molecule has 0 aliphatic rings. The molecule has 122 valence electrons. The van der Waals surface area contributed by atoms with E-state index in [9.17, 15) is 14.7 Å². The molecule has 1 atom stereocenters. The average molecular weight is 323 g/mol. The summed E-state index contributed by atoms with van der Waals surface area (Å²) in [6.45, 7) is 1.48. The van der Waals surface area contributed by atoms with Gasteiger partial charge >= 0.3 is 5.97 Å². The number of nitrogens with one attached hydrogen (secondary N) is 2. The van der Waals surface area contributed by atoms with Crippen molar-refractivity contribution in [2.75, 3.05) is 0 Å². The summed E-state index contributed by atoms with van der Waals surface area (Å²) in [5.41, 5.74) is 0.447. The average Bonchev–Trinajstić information content (AvgIpc) is 2.98. The number of amides is 1. The van der Waals surface area contributed by atoms with Crippen LogP contribution in [-0.4, -0.2) is 27.2 Å². The Morgan fingerprint density at radius 2 is 1.79 bits per heavy atom. The molecule has 2 aromatic carbocycles. The fourth-order valence-electron chi connectivity index (χ4n) is 2.65. The summed E-state index contributed by atoms with van der Waals surface area (Å²) < 4.78 is 0. The van der Waals surface area contributed by atoms with Gasteiger partial charge < -0.3 is 10.4 Å². The van der Waals surface area contributed by atoms with Gasteiger partial charge in [0.05, 0.1) is 17.6 Å². The Bertz CT molecular complexity index is 889. The van der Waals surface area contributed by atoms with Crippen molar-refractivity contribution >= 4 is 22.8 Å². The molecule has 6 heteroatoms. The van der Waals surface area contributed by atoms with Crippen molar-refractivity contribution in [3.8, 4) is 0 Å². The summed E-state index contributed by atoms with van der Waals surface area (Å²) in [5.74, 6) is -1.50. The number of hydrogen-bond donors (Lipinski definition) is 3. The van der Waals surface area contributed by atoms with Crippen LogP contribution >= 0.6 is 0 Å². The number of aliphatic carboxylic acids is 1. The third-order valence-electron chi connectivity index (χ3n) is 4.05. The van der Waals surface area contributed by atoms with Crippen molar-refractivity contribution in [1.82, 2.24) is 15.5 Å². The van der Waals surface area contributed by atoms with Gasteiger partial charge in [0.1, 0.15) is 0 Å². The molecule has 3 aromatic rings. The molecule has 1 aromatic heterocycles. The first-order chi connectivity index (χ1) is 11.5. The number of carboxylic acid groups (broad SMARTS) is 1. The predicted octanol–water partition coefficient (Wildman–Crippen LogP) is 2.22. The summed E-state index contributed by atoms with van der Waals surface area (Å²) in [5, 5.41) is 20.1. The minimum atomic E-state index is -1.49. The topological polar surface area (TPSA) is 95.1 Å². The molecule has 0 saturated heterocycles. The monoisotopic (exact) mass is 323 g/mol. The Morgan fingerprint density at radius 3 is 2.50 bits per heavy atom. The van der Waals surface area contributed by atoms with Gasteiger partial charge in [-0.2, -0.15) is 5.10 Å². The number of hydrogen-bond acceptors (Lipinski definition) is 3. The van der Waals surface area contributed by atoms with Gasteiger partial charge in [-0.25, -0.2) is 4.79 Å². The molecule has 1 heterocycles. The highest BCUT2D eigenvalue weighted by Gasteiger charge is 2.36. The molecule has 0 saturated carbocycles. The number of nitrogens with zero attached hydrogens (tertiary/aromatic N) is 1. The van der Waals surface area contributed by atoms with E-state index in [-0.39, 0.29) is 6.42 Å². The van der Waals surface area contributed by atoms with Gasteiger partial charge in [0.2, 0.25) is 5.91 Å². The van der Waals surface area contributed by atoms with Crippen molar-refractivity contribution in [1.29, 1.82) is 0 Å². The predicted molar refractivity (Wildman–Crippen MR) is 89.4 cm³/mol. The highest BCUT2D eigenvalue weighted by Crippen LogP contribution is 2.22. The Labute approximate surface area is 138 Å². The van der Waals surface area contributed by atoms with Gasteiger partial charge in [-0.15, -0.1) is 0 Å². The maximum Gasteiger partial charge on any atom is 0.333 e. The van der Waals surface area contributed by atoms with E-state index >= 15 is 0 Å². The van der Waals surface area contributed by atoms with Crippen LogP contribution in [0, 0.1) is 0 Å². The van der Waals surface area contributed by atoms with Crippen LogP contribution in [-0.2, 0) is 21.5 Å². The second kappa shape index (κ2) is 6.16. The number of fused-ring (bicyclic) bond motifs is 1. The summed E-state index contributed by atoms with van der Waals surface area (Å²) in [6, 6.07) is 16.1. The van der Waals surface area contributed by atoms with Crippen molar-refractivity contribution in [3.63, 3.8) is 0 Å². The maximum absolute atomic E-state index is 12.4. The van der Waals surface area contributed by atoms with Crippen molar-refractivity contribution < 1.29 is 14.7 Å². The van der Waals surface area contributed by atoms with Crippen LogP contribution in [0.5, 0.6) is 0 Å². The highest BCUT2D eigenvalue weighted by atomic mass is 16.4. The van der Waals surface area contributed by atoms with Gasteiger partial charge in [0.25, 0.3) is 0 Å². The van der Waals surface area contributed by atoms with Gasteiger partial charge in [0.15, 0.2) is 5.54 Å². The van der Waals surface area contributed by atoms with Gasteiger partial charge in [-0.05, 0) is 18.6 Å². The zero-order chi connectivity index (χ0) is 17.2. The number of H-pyrrole nitrogens is 1. The lowest BCUT2D eigenvalue weighted by atomic mass is 9.92. The first-order valence-electron chi connectivity index (χ1n) is 7.52. The Balaban J connectivity index is 1.83. The second-order valence-electron chi connectivity index (χ2n) is 5.74. The number of carbonyl (C=O) groups excluding carboxylic acids is 1. The fourth-order valence-corrected chi connectivity index (χ4v) is 2.65. The summed E-state index contributed by atoms with van der Waals surface area (Å²) in [4.78, 5) is 24.2. The lowest BCUT2D eigenvalue weighted by molar-refractivity contribution is -0.147. The molecular formula is C18H17N3O3. The van der Waals surface area contributed by atoms with E-state index in [2.05, 4.69) is 15.5 Å². The van der Waals surface area contributed by atoms with Crippen molar-refractivity contribution in [2.45, 2.75) is 18.9 Å². The Kier molecular flexibility index (Phi) is 4.04. The molecule has 6 nitrogen and oxygen atoms in total. The molecule has 0 unspecified atom stereocenters. The zero-order valence-electron chi connectivity index (χ0n) is 13.1. The normalized spacial score (nSPS) is 13.4. The minimum absolute atomic E-state index is 0.0240. The van der Waals surface area contributed by atoms with E-state index < -0.39 is 17.4 Å². The molecule has 0 radical (unpaired) electrons. The highest BCUT2D eigenvalue weighted by molar-refractivity contribution is 5.91. The molecule has 1 amide bonds. The van der Waals surface area contributed by atoms with Crippen molar-refractivity contribution in [2.24, 2.45) is 0 Å². The second-order valence-corrected chi connectivity index (χ2v) is 5.74. The SMILES string of the molecule is C[C@](NC(=O)Cc1[nH]nc2ccccc12)(C(=O)O)c1ccccc1. The molecule has 3 rings (SSSR count). The molecule has 0 aliphatic heterocycles. The summed E-state index contributed by atoms with van der Waals surface area (Å²) >= 11 is 0. The molecular weight excluding hydrogens is 306 g/mol.